The minimum atomic E-state index is 0.484. The van der Waals surface area contributed by atoms with Crippen molar-refractivity contribution in [3.8, 4) is 5.75 Å². The Hall–Kier alpha value is -1.02. The summed E-state index contributed by atoms with van der Waals surface area (Å²) >= 11 is 0. The third-order valence-electron chi connectivity index (χ3n) is 3.26. The van der Waals surface area contributed by atoms with Crippen LogP contribution in [-0.4, -0.2) is 13.7 Å². The maximum atomic E-state index is 5.63. The zero-order chi connectivity index (χ0) is 11.4. The minimum Gasteiger partial charge on any atom is -0.493 e. The molecule has 0 saturated heterocycles. The maximum Gasteiger partial charge on any atom is 0.122 e. The average molecular weight is 219 g/mol. The van der Waals surface area contributed by atoms with E-state index in [9.17, 15) is 0 Å². The first-order valence-corrected chi connectivity index (χ1v) is 6.28. The number of hydrogen-bond acceptors (Lipinski definition) is 2. The normalized spacial score (nSPS) is 16.4. The van der Waals surface area contributed by atoms with E-state index in [1.54, 1.807) is 0 Å². The molecular weight excluding hydrogens is 198 g/mol. The number of rotatable bonds is 4. The number of aryl methyl sites for hydroxylation is 1. The van der Waals surface area contributed by atoms with Gasteiger partial charge in [-0.05, 0) is 43.5 Å². The quantitative estimate of drug-likeness (QED) is 0.840. The smallest absolute Gasteiger partial charge is 0.122 e. The van der Waals surface area contributed by atoms with Gasteiger partial charge in [0.2, 0.25) is 0 Å². The highest BCUT2D eigenvalue weighted by atomic mass is 16.5. The fourth-order valence-corrected chi connectivity index (χ4v) is 2.36. The number of ether oxygens (including phenoxy) is 1. The lowest BCUT2D eigenvalue weighted by atomic mass is 9.97. The van der Waals surface area contributed by atoms with Crippen LogP contribution in [-0.2, 0) is 6.42 Å². The number of benzene rings is 1. The molecular formula is C14H21NO. The van der Waals surface area contributed by atoms with Gasteiger partial charge in [0.15, 0.2) is 0 Å². The van der Waals surface area contributed by atoms with Gasteiger partial charge in [-0.15, -0.1) is 0 Å². The molecule has 16 heavy (non-hydrogen) atoms. The lowest BCUT2D eigenvalue weighted by molar-refractivity contribution is 0.288. The van der Waals surface area contributed by atoms with Crippen LogP contribution in [0, 0.1) is 0 Å². The molecule has 1 aromatic rings. The number of nitrogens with one attached hydrogen (secondary N) is 1. The second-order valence-electron chi connectivity index (χ2n) is 4.45. The second-order valence-corrected chi connectivity index (χ2v) is 4.45. The van der Waals surface area contributed by atoms with Crippen LogP contribution in [0.4, 0.5) is 0 Å². The van der Waals surface area contributed by atoms with Crippen LogP contribution < -0.4 is 10.1 Å². The lowest BCUT2D eigenvalue weighted by Gasteiger charge is -2.21. The first kappa shape index (κ1) is 11.5. The van der Waals surface area contributed by atoms with E-state index in [2.05, 4.69) is 30.4 Å². The molecule has 0 bridgehead atoms. The number of fused-ring (bicyclic) bond motifs is 1. The Bertz CT molecular complexity index is 349. The topological polar surface area (TPSA) is 21.3 Å². The Morgan fingerprint density at radius 1 is 1.44 bits per heavy atom. The fraction of sp³-hybridized carbons (Fsp3) is 0.571. The summed E-state index contributed by atoms with van der Waals surface area (Å²) in [6, 6.07) is 7.12. The number of hydrogen-bond donors (Lipinski definition) is 1. The Balaban J connectivity index is 2.21. The van der Waals surface area contributed by atoms with Gasteiger partial charge in [0.05, 0.1) is 6.61 Å². The van der Waals surface area contributed by atoms with Crippen molar-refractivity contribution < 1.29 is 4.74 Å². The van der Waals surface area contributed by atoms with E-state index in [0.717, 1.165) is 25.2 Å². The van der Waals surface area contributed by atoms with E-state index < -0.39 is 0 Å². The molecule has 1 N–H and O–H groups in total. The summed E-state index contributed by atoms with van der Waals surface area (Å²) in [5, 5.41) is 3.39. The van der Waals surface area contributed by atoms with Crippen LogP contribution in [0.1, 0.15) is 43.4 Å². The standard InChI is InChI=1S/C14H21NO/c1-3-5-13(15-2)11-7-8-14-12(10-11)6-4-9-16-14/h7-8,10,13,15H,3-6,9H2,1-2H3. The molecule has 1 atom stereocenters. The molecule has 2 heteroatoms. The van der Waals surface area contributed by atoms with E-state index >= 15 is 0 Å². The Morgan fingerprint density at radius 3 is 3.06 bits per heavy atom. The summed E-state index contributed by atoms with van der Waals surface area (Å²) < 4.78 is 5.63. The average Bonchev–Trinajstić information content (AvgIpc) is 2.35. The Morgan fingerprint density at radius 2 is 2.31 bits per heavy atom. The molecule has 0 aromatic heterocycles. The maximum absolute atomic E-state index is 5.63. The summed E-state index contributed by atoms with van der Waals surface area (Å²) in [6.45, 7) is 3.10. The molecule has 2 rings (SSSR count). The first-order valence-electron chi connectivity index (χ1n) is 6.28. The van der Waals surface area contributed by atoms with Gasteiger partial charge in [0, 0.05) is 6.04 Å². The summed E-state index contributed by atoms with van der Waals surface area (Å²) in [4.78, 5) is 0. The third-order valence-corrected chi connectivity index (χ3v) is 3.26. The molecule has 0 radical (unpaired) electrons. The summed E-state index contributed by atoms with van der Waals surface area (Å²) in [7, 11) is 2.04. The van der Waals surface area contributed by atoms with Crippen molar-refractivity contribution in [2.45, 2.75) is 38.6 Å². The summed E-state index contributed by atoms with van der Waals surface area (Å²) in [5.74, 6) is 1.08. The van der Waals surface area contributed by atoms with E-state index in [-0.39, 0.29) is 0 Å². The zero-order valence-electron chi connectivity index (χ0n) is 10.3. The molecule has 0 saturated carbocycles. The SMILES string of the molecule is CCCC(NC)c1ccc2c(c1)CCCO2. The molecule has 1 aliphatic rings. The van der Waals surface area contributed by atoms with Crippen LogP contribution >= 0.6 is 0 Å². The molecule has 0 amide bonds. The highest BCUT2D eigenvalue weighted by molar-refractivity contribution is 5.39. The zero-order valence-corrected chi connectivity index (χ0v) is 10.3. The molecule has 0 aliphatic carbocycles. The van der Waals surface area contributed by atoms with Crippen LogP contribution in [0.2, 0.25) is 0 Å². The van der Waals surface area contributed by atoms with Gasteiger partial charge in [-0.25, -0.2) is 0 Å². The predicted molar refractivity (Wildman–Crippen MR) is 67.0 cm³/mol. The molecule has 0 fully saturated rings. The molecule has 1 aliphatic heterocycles. The van der Waals surface area contributed by atoms with Crippen molar-refractivity contribution in [1.82, 2.24) is 5.32 Å². The Kier molecular flexibility index (Phi) is 3.83. The van der Waals surface area contributed by atoms with Crippen molar-refractivity contribution in [2.75, 3.05) is 13.7 Å². The highest BCUT2D eigenvalue weighted by Crippen LogP contribution is 2.28. The van der Waals surface area contributed by atoms with Crippen molar-refractivity contribution in [1.29, 1.82) is 0 Å². The van der Waals surface area contributed by atoms with Gasteiger partial charge in [-0.2, -0.15) is 0 Å². The van der Waals surface area contributed by atoms with Crippen LogP contribution in [0.15, 0.2) is 18.2 Å². The molecule has 88 valence electrons. The molecule has 2 nitrogen and oxygen atoms in total. The van der Waals surface area contributed by atoms with Crippen molar-refractivity contribution in [3.63, 3.8) is 0 Å². The lowest BCUT2D eigenvalue weighted by Crippen LogP contribution is -2.17. The Labute approximate surface area is 98.0 Å². The minimum absolute atomic E-state index is 0.484. The fourth-order valence-electron chi connectivity index (χ4n) is 2.36. The van der Waals surface area contributed by atoms with Gasteiger partial charge in [-0.1, -0.05) is 25.5 Å². The van der Waals surface area contributed by atoms with E-state index in [1.165, 1.54) is 24.0 Å². The van der Waals surface area contributed by atoms with E-state index in [4.69, 9.17) is 4.74 Å². The van der Waals surface area contributed by atoms with Crippen LogP contribution in [0.3, 0.4) is 0 Å². The van der Waals surface area contributed by atoms with Crippen molar-refractivity contribution in [2.24, 2.45) is 0 Å². The van der Waals surface area contributed by atoms with Gasteiger partial charge in [0.1, 0.15) is 5.75 Å². The first-order chi connectivity index (χ1) is 7.85. The molecule has 0 spiro atoms. The monoisotopic (exact) mass is 219 g/mol. The van der Waals surface area contributed by atoms with E-state index in [1.807, 2.05) is 7.05 Å². The molecule has 1 aromatic carbocycles. The van der Waals surface area contributed by atoms with Crippen molar-refractivity contribution >= 4 is 0 Å². The highest BCUT2D eigenvalue weighted by Gasteiger charge is 2.14. The van der Waals surface area contributed by atoms with Gasteiger partial charge in [0.25, 0.3) is 0 Å². The third kappa shape index (κ3) is 2.38. The predicted octanol–water partition coefficient (Wildman–Crippen LogP) is 3.07. The molecule has 1 heterocycles. The second kappa shape index (κ2) is 5.35. The molecule has 1 unspecified atom stereocenters. The van der Waals surface area contributed by atoms with Crippen LogP contribution in [0.25, 0.3) is 0 Å². The van der Waals surface area contributed by atoms with E-state index in [0.29, 0.717) is 6.04 Å². The van der Waals surface area contributed by atoms with Gasteiger partial charge >= 0.3 is 0 Å². The van der Waals surface area contributed by atoms with Crippen LogP contribution in [0.5, 0.6) is 5.75 Å². The van der Waals surface area contributed by atoms with Crippen molar-refractivity contribution in [3.05, 3.63) is 29.3 Å². The van der Waals surface area contributed by atoms with Gasteiger partial charge < -0.3 is 10.1 Å². The largest absolute Gasteiger partial charge is 0.493 e. The summed E-state index contributed by atoms with van der Waals surface area (Å²) in [6.07, 6.45) is 4.70. The summed E-state index contributed by atoms with van der Waals surface area (Å²) in [5.41, 5.74) is 2.77. The van der Waals surface area contributed by atoms with Gasteiger partial charge in [-0.3, -0.25) is 0 Å².